The maximum atomic E-state index is 12.0. The Bertz CT molecular complexity index is 640. The molecule has 2 N–H and O–H groups in total. The number of rotatable bonds is 5. The maximum absolute atomic E-state index is 12.0. The van der Waals surface area contributed by atoms with E-state index >= 15 is 0 Å². The van der Waals surface area contributed by atoms with Gasteiger partial charge in [-0.15, -0.1) is 0 Å². The van der Waals surface area contributed by atoms with Gasteiger partial charge in [0.05, 0.1) is 10.5 Å². The van der Waals surface area contributed by atoms with Crippen LogP contribution in [0.4, 0.5) is 0 Å². The van der Waals surface area contributed by atoms with Crippen molar-refractivity contribution in [2.24, 2.45) is 0 Å². The van der Waals surface area contributed by atoms with Crippen molar-refractivity contribution in [2.45, 2.75) is 11.8 Å². The Morgan fingerprint density at radius 1 is 1.47 bits per heavy atom. The molecule has 0 spiro atoms. The van der Waals surface area contributed by atoms with Crippen LogP contribution in [-0.4, -0.2) is 26.0 Å². The van der Waals surface area contributed by atoms with Gasteiger partial charge in [0, 0.05) is 16.6 Å². The summed E-state index contributed by atoms with van der Waals surface area (Å²) in [5, 5.41) is 9.12. The minimum absolute atomic E-state index is 0.0214. The van der Waals surface area contributed by atoms with E-state index in [1.807, 2.05) is 0 Å². The van der Waals surface area contributed by atoms with E-state index in [0.717, 1.165) is 0 Å². The summed E-state index contributed by atoms with van der Waals surface area (Å²) in [5.74, 6) is -1.25. The highest BCUT2D eigenvalue weighted by Crippen LogP contribution is 2.24. The largest absolute Gasteiger partial charge is 0.478 e. The Kier molecular flexibility index (Phi) is 4.98. The molecule has 104 valence electrons. The van der Waals surface area contributed by atoms with Gasteiger partial charge in [0.1, 0.15) is 0 Å². The SMILES string of the molecule is C=C(Cl)CNS(=O)(=O)c1cc(Cl)cc(C(=O)O)c1C. The van der Waals surface area contributed by atoms with Gasteiger partial charge in [-0.1, -0.05) is 29.8 Å². The summed E-state index contributed by atoms with van der Waals surface area (Å²) in [6.45, 7) is 4.59. The minimum atomic E-state index is -3.91. The lowest BCUT2D eigenvalue weighted by Gasteiger charge is -2.11. The fourth-order valence-electron chi connectivity index (χ4n) is 1.41. The molecule has 19 heavy (non-hydrogen) atoms. The molecule has 0 aliphatic rings. The lowest BCUT2D eigenvalue weighted by Crippen LogP contribution is -2.26. The van der Waals surface area contributed by atoms with Gasteiger partial charge in [-0.3, -0.25) is 0 Å². The van der Waals surface area contributed by atoms with E-state index in [1.165, 1.54) is 19.1 Å². The first kappa shape index (κ1) is 16.0. The average Bonchev–Trinajstić information content (AvgIpc) is 2.28. The minimum Gasteiger partial charge on any atom is -0.478 e. The number of hydrogen-bond acceptors (Lipinski definition) is 3. The van der Waals surface area contributed by atoms with Crippen LogP contribution in [-0.2, 0) is 10.0 Å². The van der Waals surface area contributed by atoms with Crippen molar-refractivity contribution in [1.82, 2.24) is 4.72 Å². The highest BCUT2D eigenvalue weighted by Gasteiger charge is 2.21. The van der Waals surface area contributed by atoms with E-state index in [1.54, 1.807) is 0 Å². The topological polar surface area (TPSA) is 83.5 Å². The van der Waals surface area contributed by atoms with Crippen molar-refractivity contribution < 1.29 is 18.3 Å². The number of carboxylic acids is 1. The second-order valence-corrected chi connectivity index (χ2v) is 6.43. The van der Waals surface area contributed by atoms with Gasteiger partial charge in [-0.25, -0.2) is 17.9 Å². The first-order valence-electron chi connectivity index (χ1n) is 5.01. The molecule has 1 rings (SSSR count). The van der Waals surface area contributed by atoms with E-state index in [0.29, 0.717) is 0 Å². The molecule has 0 atom stereocenters. The smallest absolute Gasteiger partial charge is 0.336 e. The van der Waals surface area contributed by atoms with E-state index in [-0.39, 0.29) is 32.6 Å². The van der Waals surface area contributed by atoms with Crippen LogP contribution >= 0.6 is 23.2 Å². The van der Waals surface area contributed by atoms with Crippen LogP contribution < -0.4 is 4.72 Å². The van der Waals surface area contributed by atoms with Crippen molar-refractivity contribution in [3.05, 3.63) is 39.9 Å². The summed E-state index contributed by atoms with van der Waals surface area (Å²) in [6, 6.07) is 2.38. The van der Waals surface area contributed by atoms with Crippen molar-refractivity contribution in [3.63, 3.8) is 0 Å². The number of halogens is 2. The van der Waals surface area contributed by atoms with E-state index in [2.05, 4.69) is 11.3 Å². The number of nitrogens with one attached hydrogen (secondary N) is 1. The van der Waals surface area contributed by atoms with E-state index in [9.17, 15) is 13.2 Å². The number of carbonyl (C=O) groups is 1. The lowest BCUT2D eigenvalue weighted by molar-refractivity contribution is 0.0696. The maximum Gasteiger partial charge on any atom is 0.336 e. The molecular weight excluding hydrogens is 313 g/mol. The van der Waals surface area contributed by atoms with Gasteiger partial charge < -0.3 is 5.11 Å². The van der Waals surface area contributed by atoms with Crippen molar-refractivity contribution in [2.75, 3.05) is 6.54 Å². The highest BCUT2D eigenvalue weighted by molar-refractivity contribution is 7.89. The van der Waals surface area contributed by atoms with Crippen LogP contribution in [0.3, 0.4) is 0 Å². The molecule has 0 aliphatic carbocycles. The molecule has 0 saturated carbocycles. The number of aromatic carboxylic acids is 1. The fraction of sp³-hybridized carbons (Fsp3) is 0.182. The zero-order valence-electron chi connectivity index (χ0n) is 9.91. The van der Waals surface area contributed by atoms with Crippen LogP contribution in [0.25, 0.3) is 0 Å². The Morgan fingerprint density at radius 2 is 2.05 bits per heavy atom. The first-order valence-corrected chi connectivity index (χ1v) is 7.25. The third kappa shape index (κ3) is 3.94. The molecule has 0 aliphatic heterocycles. The molecule has 0 heterocycles. The molecule has 0 fully saturated rings. The normalized spacial score (nSPS) is 11.3. The molecule has 0 saturated heterocycles. The van der Waals surface area contributed by atoms with Gasteiger partial charge >= 0.3 is 5.97 Å². The molecule has 0 unspecified atom stereocenters. The molecule has 0 radical (unpaired) electrons. The molecule has 0 aromatic heterocycles. The quantitative estimate of drug-likeness (QED) is 0.871. The van der Waals surface area contributed by atoms with Gasteiger partial charge in [0.2, 0.25) is 10.0 Å². The van der Waals surface area contributed by atoms with Crippen LogP contribution in [0.1, 0.15) is 15.9 Å². The average molecular weight is 324 g/mol. The summed E-state index contributed by atoms with van der Waals surface area (Å²) in [6.07, 6.45) is 0. The molecule has 1 aromatic carbocycles. The van der Waals surface area contributed by atoms with Crippen molar-refractivity contribution >= 4 is 39.2 Å². The predicted molar refractivity (Wildman–Crippen MR) is 73.3 cm³/mol. The number of carboxylic acid groups (broad SMARTS) is 1. The molecule has 1 aromatic rings. The number of sulfonamides is 1. The summed E-state index contributed by atoms with van der Waals surface area (Å²) >= 11 is 11.2. The fourth-order valence-corrected chi connectivity index (χ4v) is 3.15. The van der Waals surface area contributed by atoms with Crippen LogP contribution in [0.2, 0.25) is 5.02 Å². The summed E-state index contributed by atoms with van der Waals surface area (Å²) in [4.78, 5) is 10.8. The van der Waals surface area contributed by atoms with E-state index in [4.69, 9.17) is 28.3 Å². The molecule has 5 nitrogen and oxygen atoms in total. The summed E-state index contributed by atoms with van der Waals surface area (Å²) in [7, 11) is -3.91. The second-order valence-electron chi connectivity index (χ2n) is 3.72. The van der Waals surface area contributed by atoms with E-state index < -0.39 is 16.0 Å². The van der Waals surface area contributed by atoms with Gasteiger partial charge in [-0.05, 0) is 24.6 Å². The lowest BCUT2D eigenvalue weighted by atomic mass is 10.1. The number of hydrogen-bond donors (Lipinski definition) is 2. The van der Waals surface area contributed by atoms with Gasteiger partial charge in [0.25, 0.3) is 0 Å². The van der Waals surface area contributed by atoms with Gasteiger partial charge in [0.15, 0.2) is 0 Å². The molecule has 8 heteroatoms. The number of benzene rings is 1. The third-order valence-corrected chi connectivity index (χ3v) is 4.18. The monoisotopic (exact) mass is 323 g/mol. The Balaban J connectivity index is 3.34. The van der Waals surface area contributed by atoms with Crippen LogP contribution in [0.5, 0.6) is 0 Å². The Morgan fingerprint density at radius 3 is 2.53 bits per heavy atom. The van der Waals surface area contributed by atoms with Gasteiger partial charge in [-0.2, -0.15) is 0 Å². The summed E-state index contributed by atoms with van der Waals surface area (Å²) < 4.78 is 26.2. The second kappa shape index (κ2) is 5.92. The zero-order chi connectivity index (χ0) is 14.8. The predicted octanol–water partition coefficient (Wildman–Crippen LogP) is 2.38. The van der Waals surface area contributed by atoms with Crippen LogP contribution in [0.15, 0.2) is 28.6 Å². The molecule has 0 bridgehead atoms. The zero-order valence-corrected chi connectivity index (χ0v) is 12.2. The summed E-state index contributed by atoms with van der Waals surface area (Å²) in [5.41, 5.74) is -0.0674. The third-order valence-electron chi connectivity index (χ3n) is 2.30. The van der Waals surface area contributed by atoms with Crippen LogP contribution in [0, 0.1) is 6.92 Å². The Hall–Kier alpha value is -1.08. The highest BCUT2D eigenvalue weighted by atomic mass is 35.5. The standard InChI is InChI=1S/C11H11Cl2NO4S/c1-6(12)5-14-19(17,18)10-4-8(13)3-9(7(10)2)11(15)16/h3-4,14H,1,5H2,2H3,(H,15,16). The molecule has 0 amide bonds. The van der Waals surface area contributed by atoms with Crippen molar-refractivity contribution in [1.29, 1.82) is 0 Å². The molecular formula is C11H11Cl2NO4S. The first-order chi connectivity index (χ1) is 8.65. The Labute approximate surface area is 120 Å². The van der Waals surface area contributed by atoms with Crippen molar-refractivity contribution in [3.8, 4) is 0 Å².